The fourth-order valence-electron chi connectivity index (χ4n) is 2.45. The first-order valence-electron chi connectivity index (χ1n) is 7.95. The van der Waals surface area contributed by atoms with Crippen LogP contribution in [0.25, 0.3) is 0 Å². The molecule has 6 heteroatoms. The van der Waals surface area contributed by atoms with Crippen molar-refractivity contribution in [3.8, 4) is 5.75 Å². The van der Waals surface area contributed by atoms with Gasteiger partial charge in [-0.25, -0.2) is 4.39 Å². The van der Waals surface area contributed by atoms with Crippen LogP contribution in [-0.2, 0) is 6.54 Å². The van der Waals surface area contributed by atoms with Crippen molar-refractivity contribution in [3.63, 3.8) is 0 Å². The topological polar surface area (TPSA) is 60.3 Å². The number of ether oxygens (including phenoxy) is 1. The van der Waals surface area contributed by atoms with Crippen molar-refractivity contribution in [1.29, 1.82) is 0 Å². The van der Waals surface area contributed by atoms with Crippen LogP contribution in [0.1, 0.15) is 15.9 Å². The Morgan fingerprint density at radius 2 is 1.73 bits per heavy atom. The van der Waals surface area contributed by atoms with Gasteiger partial charge in [-0.3, -0.25) is 9.59 Å². The predicted octanol–water partition coefficient (Wildman–Crippen LogP) is 3.30. The van der Waals surface area contributed by atoms with Gasteiger partial charge in [0.25, 0.3) is 11.5 Å². The van der Waals surface area contributed by atoms with Gasteiger partial charge in [0.05, 0.1) is 19.2 Å². The van der Waals surface area contributed by atoms with Gasteiger partial charge in [-0.15, -0.1) is 0 Å². The molecule has 0 radical (unpaired) electrons. The summed E-state index contributed by atoms with van der Waals surface area (Å²) < 4.78 is 19.5. The van der Waals surface area contributed by atoms with Crippen LogP contribution in [0.3, 0.4) is 0 Å². The van der Waals surface area contributed by atoms with Crippen molar-refractivity contribution in [2.75, 3.05) is 12.4 Å². The van der Waals surface area contributed by atoms with E-state index in [2.05, 4.69) is 5.32 Å². The highest BCUT2D eigenvalue weighted by atomic mass is 19.1. The average Bonchev–Trinajstić information content (AvgIpc) is 2.66. The number of halogens is 1. The molecule has 3 rings (SSSR count). The van der Waals surface area contributed by atoms with Gasteiger partial charge >= 0.3 is 0 Å². The fourth-order valence-corrected chi connectivity index (χ4v) is 2.45. The predicted molar refractivity (Wildman–Crippen MR) is 97.2 cm³/mol. The molecule has 1 heterocycles. The zero-order valence-electron chi connectivity index (χ0n) is 14.1. The second kappa shape index (κ2) is 7.65. The summed E-state index contributed by atoms with van der Waals surface area (Å²) in [5, 5.41) is 2.77. The molecule has 5 nitrogen and oxygen atoms in total. The summed E-state index contributed by atoms with van der Waals surface area (Å²) in [4.78, 5) is 24.5. The molecule has 26 heavy (non-hydrogen) atoms. The molecule has 1 N–H and O–H groups in total. The van der Waals surface area contributed by atoms with Crippen molar-refractivity contribution in [2.45, 2.75) is 6.54 Å². The highest BCUT2D eigenvalue weighted by molar-refractivity contribution is 6.04. The van der Waals surface area contributed by atoms with E-state index in [1.54, 1.807) is 43.5 Å². The largest absolute Gasteiger partial charge is 0.497 e. The Bertz CT molecular complexity index is 964. The molecule has 0 fully saturated rings. The Balaban J connectivity index is 1.78. The molecular weight excluding hydrogens is 335 g/mol. The first-order valence-corrected chi connectivity index (χ1v) is 7.95. The van der Waals surface area contributed by atoms with E-state index in [0.29, 0.717) is 17.0 Å². The number of nitrogens with zero attached hydrogens (tertiary/aromatic N) is 1. The Morgan fingerprint density at radius 1 is 1.04 bits per heavy atom. The molecule has 2 aromatic carbocycles. The highest BCUT2D eigenvalue weighted by Crippen LogP contribution is 2.16. The second-order valence-corrected chi connectivity index (χ2v) is 5.69. The Kier molecular flexibility index (Phi) is 5.12. The Hall–Kier alpha value is -3.41. The number of hydrogen-bond acceptors (Lipinski definition) is 3. The molecule has 0 aliphatic heterocycles. The number of carbonyl (C=O) groups is 1. The third-order valence-electron chi connectivity index (χ3n) is 3.86. The maximum absolute atomic E-state index is 13.0. The summed E-state index contributed by atoms with van der Waals surface area (Å²) in [5.74, 6) is 0.0209. The smallest absolute Gasteiger partial charge is 0.257 e. The highest BCUT2D eigenvalue weighted by Gasteiger charge is 2.09. The number of anilines is 1. The number of pyridine rings is 1. The summed E-state index contributed by atoms with van der Waals surface area (Å²) in [6.07, 6.45) is 1.49. The van der Waals surface area contributed by atoms with Gasteiger partial charge in [0, 0.05) is 18.0 Å². The quantitative estimate of drug-likeness (QED) is 0.766. The lowest BCUT2D eigenvalue weighted by Crippen LogP contribution is -2.22. The minimum absolute atomic E-state index is 0.240. The third kappa shape index (κ3) is 4.16. The monoisotopic (exact) mass is 352 g/mol. The van der Waals surface area contributed by atoms with E-state index in [-0.39, 0.29) is 23.8 Å². The van der Waals surface area contributed by atoms with Crippen LogP contribution in [0.2, 0.25) is 0 Å². The number of benzene rings is 2. The van der Waals surface area contributed by atoms with Gasteiger partial charge in [0.2, 0.25) is 0 Å². The normalized spacial score (nSPS) is 10.4. The number of carbonyl (C=O) groups excluding carboxylic acids is 1. The first kappa shape index (κ1) is 17.4. The van der Waals surface area contributed by atoms with Crippen molar-refractivity contribution < 1.29 is 13.9 Å². The van der Waals surface area contributed by atoms with Crippen LogP contribution in [0.4, 0.5) is 10.1 Å². The van der Waals surface area contributed by atoms with Crippen LogP contribution < -0.4 is 15.6 Å². The summed E-state index contributed by atoms with van der Waals surface area (Å²) in [5.41, 5.74) is 1.49. The van der Waals surface area contributed by atoms with E-state index in [1.165, 1.54) is 35.0 Å². The van der Waals surface area contributed by atoms with Gasteiger partial charge in [-0.05, 0) is 48.0 Å². The van der Waals surface area contributed by atoms with Crippen LogP contribution in [-0.4, -0.2) is 17.6 Å². The maximum Gasteiger partial charge on any atom is 0.257 e. The van der Waals surface area contributed by atoms with Crippen molar-refractivity contribution in [1.82, 2.24) is 4.57 Å². The second-order valence-electron chi connectivity index (χ2n) is 5.69. The number of aromatic nitrogens is 1. The van der Waals surface area contributed by atoms with Crippen molar-refractivity contribution >= 4 is 11.6 Å². The number of rotatable bonds is 5. The van der Waals surface area contributed by atoms with Gasteiger partial charge in [0.15, 0.2) is 0 Å². The fraction of sp³-hybridized carbons (Fsp3) is 0.100. The number of amides is 1. The minimum Gasteiger partial charge on any atom is -0.497 e. The Labute approximate surface area is 149 Å². The summed E-state index contributed by atoms with van der Waals surface area (Å²) >= 11 is 0. The van der Waals surface area contributed by atoms with E-state index in [4.69, 9.17) is 4.74 Å². The molecule has 1 aromatic heterocycles. The van der Waals surface area contributed by atoms with Gasteiger partial charge < -0.3 is 14.6 Å². The summed E-state index contributed by atoms with van der Waals surface area (Å²) in [7, 11) is 1.57. The van der Waals surface area contributed by atoms with E-state index >= 15 is 0 Å². The Morgan fingerprint density at radius 3 is 2.38 bits per heavy atom. The molecule has 0 unspecified atom stereocenters. The zero-order chi connectivity index (χ0) is 18.5. The van der Waals surface area contributed by atoms with Crippen molar-refractivity contribution in [3.05, 3.63) is 94.2 Å². The SMILES string of the molecule is COc1ccc(NC(=O)c2ccc(=O)n(Cc3ccc(F)cc3)c2)cc1. The summed E-state index contributed by atoms with van der Waals surface area (Å²) in [6, 6.07) is 15.6. The molecule has 3 aromatic rings. The molecule has 0 aliphatic carbocycles. The molecular formula is C20H17FN2O3. The van der Waals surface area contributed by atoms with Gasteiger partial charge in [-0.1, -0.05) is 12.1 Å². The van der Waals surface area contributed by atoms with E-state index in [1.807, 2.05) is 0 Å². The lowest BCUT2D eigenvalue weighted by molar-refractivity contribution is 0.102. The molecule has 1 amide bonds. The number of nitrogens with one attached hydrogen (secondary N) is 1. The van der Waals surface area contributed by atoms with Crippen LogP contribution in [0, 0.1) is 5.82 Å². The molecule has 0 bridgehead atoms. The first-order chi connectivity index (χ1) is 12.5. The molecule has 0 aliphatic rings. The van der Waals surface area contributed by atoms with Crippen LogP contribution in [0.5, 0.6) is 5.75 Å². The van der Waals surface area contributed by atoms with E-state index in [0.717, 1.165) is 5.56 Å². The zero-order valence-corrected chi connectivity index (χ0v) is 14.1. The van der Waals surface area contributed by atoms with Crippen LogP contribution >= 0.6 is 0 Å². The molecule has 0 spiro atoms. The molecule has 0 saturated heterocycles. The average molecular weight is 352 g/mol. The number of methoxy groups -OCH3 is 1. The molecule has 132 valence electrons. The van der Waals surface area contributed by atoms with Gasteiger partial charge in [-0.2, -0.15) is 0 Å². The van der Waals surface area contributed by atoms with E-state index in [9.17, 15) is 14.0 Å². The minimum atomic E-state index is -0.339. The van der Waals surface area contributed by atoms with Crippen molar-refractivity contribution in [2.24, 2.45) is 0 Å². The standard InChI is InChI=1S/C20H17FN2O3/c1-26-18-9-7-17(8-10-18)22-20(25)15-4-11-19(24)23(13-15)12-14-2-5-16(21)6-3-14/h2-11,13H,12H2,1H3,(H,22,25). The lowest BCUT2D eigenvalue weighted by atomic mass is 10.2. The van der Waals surface area contributed by atoms with Crippen LogP contribution in [0.15, 0.2) is 71.7 Å². The molecule has 0 atom stereocenters. The summed E-state index contributed by atoms with van der Waals surface area (Å²) in [6.45, 7) is 0.253. The number of hydrogen-bond donors (Lipinski definition) is 1. The maximum atomic E-state index is 13.0. The van der Waals surface area contributed by atoms with E-state index < -0.39 is 0 Å². The third-order valence-corrected chi connectivity index (χ3v) is 3.86. The lowest BCUT2D eigenvalue weighted by Gasteiger charge is -2.10. The molecule has 0 saturated carbocycles. The van der Waals surface area contributed by atoms with Gasteiger partial charge in [0.1, 0.15) is 11.6 Å².